The minimum atomic E-state index is 0.0517. The third kappa shape index (κ3) is 2.71. The predicted octanol–water partition coefficient (Wildman–Crippen LogP) is 3.29. The number of nitrogens with one attached hydrogen (secondary N) is 1. The van der Waals surface area contributed by atoms with Gasteiger partial charge in [-0.05, 0) is 30.2 Å². The number of ether oxygens (including phenoxy) is 1. The van der Waals surface area contributed by atoms with Crippen LogP contribution in [0.3, 0.4) is 0 Å². The molecule has 0 bridgehead atoms. The molecular formula is C16H20ClN3O. The topological polar surface area (TPSA) is 39.1 Å². The van der Waals surface area contributed by atoms with Gasteiger partial charge in [-0.2, -0.15) is 5.10 Å². The SMILES string of the molecule is CCNC(c1ccc2c(c1)COC2)c1c(Cl)cnn1CC. The van der Waals surface area contributed by atoms with Crippen molar-refractivity contribution in [3.63, 3.8) is 0 Å². The Morgan fingerprint density at radius 3 is 2.90 bits per heavy atom. The molecule has 4 nitrogen and oxygen atoms in total. The lowest BCUT2D eigenvalue weighted by molar-refractivity contribution is 0.134. The van der Waals surface area contributed by atoms with Crippen LogP contribution in [0.25, 0.3) is 0 Å². The predicted molar refractivity (Wildman–Crippen MR) is 83.4 cm³/mol. The molecule has 0 spiro atoms. The fourth-order valence-corrected chi connectivity index (χ4v) is 3.11. The summed E-state index contributed by atoms with van der Waals surface area (Å²) in [7, 11) is 0. The summed E-state index contributed by atoms with van der Waals surface area (Å²) < 4.78 is 7.46. The summed E-state index contributed by atoms with van der Waals surface area (Å²) in [6.07, 6.45) is 1.72. The van der Waals surface area contributed by atoms with Gasteiger partial charge in [0, 0.05) is 6.54 Å². The second kappa shape index (κ2) is 6.18. The number of aryl methyl sites for hydroxylation is 1. The summed E-state index contributed by atoms with van der Waals surface area (Å²) in [5.74, 6) is 0. The number of rotatable bonds is 5. The molecule has 1 aliphatic heterocycles. The molecule has 0 radical (unpaired) electrons. The monoisotopic (exact) mass is 305 g/mol. The largest absolute Gasteiger partial charge is 0.372 e. The Labute approximate surface area is 130 Å². The molecule has 2 aromatic rings. The summed E-state index contributed by atoms with van der Waals surface area (Å²) in [6.45, 7) is 7.26. The molecule has 112 valence electrons. The van der Waals surface area contributed by atoms with Gasteiger partial charge in [0.2, 0.25) is 0 Å². The van der Waals surface area contributed by atoms with Crippen LogP contribution < -0.4 is 5.32 Å². The van der Waals surface area contributed by atoms with Gasteiger partial charge in [-0.3, -0.25) is 4.68 Å². The van der Waals surface area contributed by atoms with E-state index in [0.717, 1.165) is 25.4 Å². The Morgan fingerprint density at radius 2 is 2.14 bits per heavy atom. The molecule has 1 aliphatic rings. The molecule has 1 aromatic carbocycles. The van der Waals surface area contributed by atoms with Crippen molar-refractivity contribution >= 4 is 11.6 Å². The summed E-state index contributed by atoms with van der Waals surface area (Å²) in [5, 5.41) is 8.59. The Hall–Kier alpha value is -1.36. The van der Waals surface area contributed by atoms with Crippen molar-refractivity contribution in [2.75, 3.05) is 6.54 Å². The van der Waals surface area contributed by atoms with Gasteiger partial charge in [0.1, 0.15) is 0 Å². The third-order valence-electron chi connectivity index (χ3n) is 3.89. The van der Waals surface area contributed by atoms with Crippen LogP contribution in [0.4, 0.5) is 0 Å². The van der Waals surface area contributed by atoms with E-state index in [4.69, 9.17) is 16.3 Å². The number of benzene rings is 1. The summed E-state index contributed by atoms with van der Waals surface area (Å²) in [5.41, 5.74) is 4.79. The van der Waals surface area contributed by atoms with E-state index >= 15 is 0 Å². The van der Waals surface area contributed by atoms with Crippen LogP contribution in [-0.4, -0.2) is 16.3 Å². The van der Waals surface area contributed by atoms with Crippen molar-refractivity contribution in [1.82, 2.24) is 15.1 Å². The van der Waals surface area contributed by atoms with E-state index in [2.05, 4.69) is 42.5 Å². The lowest BCUT2D eigenvalue weighted by atomic mass is 9.98. The number of aromatic nitrogens is 2. The van der Waals surface area contributed by atoms with Crippen molar-refractivity contribution in [3.8, 4) is 0 Å². The molecule has 1 N–H and O–H groups in total. The molecule has 1 aromatic heterocycles. The summed E-state index contributed by atoms with van der Waals surface area (Å²) in [6, 6.07) is 6.59. The van der Waals surface area contributed by atoms with Crippen LogP contribution in [-0.2, 0) is 24.5 Å². The van der Waals surface area contributed by atoms with Gasteiger partial charge in [0.15, 0.2) is 0 Å². The molecule has 0 amide bonds. The van der Waals surface area contributed by atoms with Crippen LogP contribution in [0, 0.1) is 0 Å². The lowest BCUT2D eigenvalue weighted by Gasteiger charge is -2.21. The Morgan fingerprint density at radius 1 is 1.33 bits per heavy atom. The van der Waals surface area contributed by atoms with Crippen molar-refractivity contribution in [3.05, 3.63) is 51.8 Å². The molecule has 1 unspecified atom stereocenters. The number of fused-ring (bicyclic) bond motifs is 1. The minimum absolute atomic E-state index is 0.0517. The quantitative estimate of drug-likeness (QED) is 0.921. The average molecular weight is 306 g/mol. The van der Waals surface area contributed by atoms with Crippen LogP contribution in [0.2, 0.25) is 5.02 Å². The van der Waals surface area contributed by atoms with Crippen molar-refractivity contribution in [1.29, 1.82) is 0 Å². The van der Waals surface area contributed by atoms with E-state index in [9.17, 15) is 0 Å². The van der Waals surface area contributed by atoms with Gasteiger partial charge in [0.05, 0.1) is 36.2 Å². The maximum Gasteiger partial charge on any atom is 0.0837 e. The van der Waals surface area contributed by atoms with Gasteiger partial charge < -0.3 is 10.1 Å². The zero-order valence-electron chi connectivity index (χ0n) is 12.4. The molecule has 21 heavy (non-hydrogen) atoms. The van der Waals surface area contributed by atoms with Crippen LogP contribution in [0.15, 0.2) is 24.4 Å². The smallest absolute Gasteiger partial charge is 0.0837 e. The van der Waals surface area contributed by atoms with Crippen LogP contribution in [0.5, 0.6) is 0 Å². The van der Waals surface area contributed by atoms with Gasteiger partial charge in [0.25, 0.3) is 0 Å². The highest BCUT2D eigenvalue weighted by Gasteiger charge is 2.22. The van der Waals surface area contributed by atoms with Crippen molar-refractivity contribution in [2.24, 2.45) is 0 Å². The Bertz CT molecular complexity index is 638. The summed E-state index contributed by atoms with van der Waals surface area (Å²) >= 11 is 6.37. The fourth-order valence-electron chi connectivity index (χ4n) is 2.86. The molecular weight excluding hydrogens is 286 g/mol. The van der Waals surface area contributed by atoms with Crippen LogP contribution in [0.1, 0.15) is 42.3 Å². The number of hydrogen-bond donors (Lipinski definition) is 1. The lowest BCUT2D eigenvalue weighted by Crippen LogP contribution is -2.25. The molecule has 0 aliphatic carbocycles. The first kappa shape index (κ1) is 14.6. The van der Waals surface area contributed by atoms with Crippen molar-refractivity contribution in [2.45, 2.75) is 39.6 Å². The molecule has 0 saturated heterocycles. The first-order chi connectivity index (χ1) is 10.2. The van der Waals surface area contributed by atoms with E-state index in [1.54, 1.807) is 6.20 Å². The highest BCUT2D eigenvalue weighted by Crippen LogP contribution is 2.31. The summed E-state index contributed by atoms with van der Waals surface area (Å²) in [4.78, 5) is 0. The molecule has 0 fully saturated rings. The Balaban J connectivity index is 2.03. The third-order valence-corrected chi connectivity index (χ3v) is 4.18. The van der Waals surface area contributed by atoms with E-state index < -0.39 is 0 Å². The maximum absolute atomic E-state index is 6.37. The van der Waals surface area contributed by atoms with Gasteiger partial charge in [-0.25, -0.2) is 0 Å². The van der Waals surface area contributed by atoms with Gasteiger partial charge >= 0.3 is 0 Å². The van der Waals surface area contributed by atoms with Crippen LogP contribution >= 0.6 is 11.6 Å². The zero-order chi connectivity index (χ0) is 14.8. The molecule has 3 rings (SSSR count). The van der Waals surface area contributed by atoms with E-state index in [1.165, 1.54) is 16.7 Å². The minimum Gasteiger partial charge on any atom is -0.372 e. The fraction of sp³-hybridized carbons (Fsp3) is 0.438. The molecule has 1 atom stereocenters. The standard InChI is InChI=1S/C16H20ClN3O/c1-3-18-15(16-14(17)8-19-20(16)4-2)11-5-6-12-9-21-10-13(12)7-11/h5-8,15,18H,3-4,9-10H2,1-2H3. The normalized spacial score (nSPS) is 15.2. The zero-order valence-corrected chi connectivity index (χ0v) is 13.2. The number of nitrogens with zero attached hydrogens (tertiary/aromatic N) is 2. The first-order valence-corrected chi connectivity index (χ1v) is 7.76. The second-order valence-electron chi connectivity index (χ2n) is 5.21. The highest BCUT2D eigenvalue weighted by molar-refractivity contribution is 6.31. The Kier molecular flexibility index (Phi) is 4.29. The molecule has 5 heteroatoms. The number of halogens is 1. The van der Waals surface area contributed by atoms with E-state index in [1.807, 2.05) is 4.68 Å². The van der Waals surface area contributed by atoms with E-state index in [0.29, 0.717) is 11.6 Å². The number of hydrogen-bond acceptors (Lipinski definition) is 3. The van der Waals surface area contributed by atoms with Gasteiger partial charge in [-0.15, -0.1) is 0 Å². The first-order valence-electron chi connectivity index (χ1n) is 7.38. The van der Waals surface area contributed by atoms with Gasteiger partial charge in [-0.1, -0.05) is 36.7 Å². The average Bonchev–Trinajstić information content (AvgIpc) is 3.10. The highest BCUT2D eigenvalue weighted by atomic mass is 35.5. The molecule has 2 heterocycles. The maximum atomic E-state index is 6.37. The van der Waals surface area contributed by atoms with Crippen molar-refractivity contribution < 1.29 is 4.74 Å². The second-order valence-corrected chi connectivity index (χ2v) is 5.61. The molecule has 0 saturated carbocycles. The van der Waals surface area contributed by atoms with E-state index in [-0.39, 0.29) is 6.04 Å².